The van der Waals surface area contributed by atoms with E-state index in [1.165, 1.54) is 97.3 Å². The summed E-state index contributed by atoms with van der Waals surface area (Å²) in [6, 6.07) is 24.4. The first-order valence-electron chi connectivity index (χ1n) is 20.9. The van der Waals surface area contributed by atoms with Gasteiger partial charge in [-0.2, -0.15) is 0 Å². The summed E-state index contributed by atoms with van der Waals surface area (Å²) in [5, 5.41) is 1.52. The fourth-order valence-electron chi connectivity index (χ4n) is 8.55. The van der Waals surface area contributed by atoms with Crippen LogP contribution < -0.4 is 24.5 Å². The predicted molar refractivity (Wildman–Crippen MR) is 239 cm³/mol. The quantitative estimate of drug-likeness (QED) is 0.0817. The summed E-state index contributed by atoms with van der Waals surface area (Å²) in [5.41, 5.74) is 17.2. The fraction of sp³-hybridized carbons (Fsp3) is 0.500. The number of nitrogens with two attached hydrogens (primary N) is 1. The van der Waals surface area contributed by atoms with E-state index in [0.717, 1.165) is 44.2 Å². The van der Waals surface area contributed by atoms with Gasteiger partial charge in [0.2, 0.25) is 0 Å². The van der Waals surface area contributed by atoms with E-state index in [0.29, 0.717) is 23.4 Å². The molecule has 9 heteroatoms. The molecule has 314 valence electrons. The number of rotatable bonds is 13. The second-order valence-corrected chi connectivity index (χ2v) is 22.7. The van der Waals surface area contributed by atoms with E-state index in [9.17, 15) is 8.42 Å². The molecule has 0 aliphatic heterocycles. The van der Waals surface area contributed by atoms with E-state index in [-0.39, 0.29) is 7.92 Å². The third kappa shape index (κ3) is 11.5. The summed E-state index contributed by atoms with van der Waals surface area (Å²) in [5.74, 6) is 3.50. The van der Waals surface area contributed by atoms with Gasteiger partial charge in [0.25, 0.3) is 0 Å². The van der Waals surface area contributed by atoms with Gasteiger partial charge in [0, 0.05) is 10.9 Å². The van der Waals surface area contributed by atoms with Gasteiger partial charge in [0.1, 0.15) is 11.5 Å². The van der Waals surface area contributed by atoms with Crippen molar-refractivity contribution in [3.8, 4) is 33.8 Å². The molecule has 0 amide bonds. The van der Waals surface area contributed by atoms with Gasteiger partial charge in [0.05, 0.1) is 14.2 Å². The number of methoxy groups -OCH3 is 2. The van der Waals surface area contributed by atoms with Gasteiger partial charge in [-0.05, 0) is 89.1 Å². The van der Waals surface area contributed by atoms with Crippen molar-refractivity contribution in [1.82, 2.24) is 0 Å². The van der Waals surface area contributed by atoms with Gasteiger partial charge in [-0.3, -0.25) is 0 Å². The van der Waals surface area contributed by atoms with Crippen molar-refractivity contribution >= 4 is 33.1 Å². The minimum atomic E-state index is -3.44. The fourth-order valence-corrected chi connectivity index (χ4v) is 14.7. The summed E-state index contributed by atoms with van der Waals surface area (Å²) in [4.78, 5) is 0. The van der Waals surface area contributed by atoms with E-state index in [4.69, 9.17) is 18.1 Å². The Morgan fingerprint density at radius 2 is 1.14 bits per heavy atom. The Bertz CT molecular complexity index is 1990. The predicted octanol–water partition coefficient (Wildman–Crippen LogP) is 12.0. The van der Waals surface area contributed by atoms with Gasteiger partial charge in [0.15, 0.2) is 0 Å². The van der Waals surface area contributed by atoms with Gasteiger partial charge in [-0.25, -0.2) is 0 Å². The molecule has 4 aromatic rings. The molecule has 0 unspecified atom stereocenters. The molecule has 0 bridgehead atoms. The first kappa shape index (κ1) is 45.4. The Kier molecular flexibility index (Phi) is 16.7. The monoisotopic (exact) mass is 905 g/mol. The van der Waals surface area contributed by atoms with Crippen LogP contribution in [0.4, 0.5) is 5.69 Å². The summed E-state index contributed by atoms with van der Waals surface area (Å²) in [7, 11) is -0.0599. The molecule has 2 saturated carbocycles. The van der Waals surface area contributed by atoms with Crippen molar-refractivity contribution < 1.29 is 39.2 Å². The maximum atomic E-state index is 11.1. The molecule has 57 heavy (non-hydrogen) atoms. The van der Waals surface area contributed by atoms with Crippen LogP contribution in [0.15, 0.2) is 72.8 Å². The van der Waals surface area contributed by atoms with E-state index < -0.39 is 28.5 Å². The van der Waals surface area contributed by atoms with Crippen LogP contribution in [0.2, 0.25) is 0 Å². The Morgan fingerprint density at radius 3 is 1.61 bits per heavy atom. The van der Waals surface area contributed by atoms with Crippen molar-refractivity contribution in [2.24, 2.45) is 0 Å². The third-order valence-electron chi connectivity index (χ3n) is 11.4. The molecule has 0 saturated heterocycles. The van der Waals surface area contributed by atoms with Gasteiger partial charge in [-0.1, -0.05) is 100 Å². The number of hydrogen-bond donors (Lipinski definition) is 1. The average Bonchev–Trinajstić information content (AvgIpc) is 3.20. The molecule has 0 radical (unpaired) electrons. The molecule has 0 heterocycles. The van der Waals surface area contributed by atoms with Crippen molar-refractivity contribution in [2.45, 2.75) is 135 Å². The number of hydrogen-bond acceptors (Lipinski definition) is 6. The van der Waals surface area contributed by atoms with Crippen molar-refractivity contribution in [3.63, 3.8) is 0 Å². The number of nitrogen functional groups attached to an aromatic ring is 1. The second-order valence-electron chi connectivity index (χ2n) is 16.6. The Morgan fingerprint density at radius 1 is 0.649 bits per heavy atom. The molecule has 6 nitrogen and oxygen atoms in total. The summed E-state index contributed by atoms with van der Waals surface area (Å²) in [6.07, 6.45) is 14.9. The van der Waals surface area contributed by atoms with Crippen LogP contribution in [0.5, 0.6) is 11.5 Å². The average molecular weight is 907 g/mol. The van der Waals surface area contributed by atoms with Crippen LogP contribution in [0, 0.1) is 0 Å². The zero-order valence-electron chi connectivity index (χ0n) is 35.7. The molecule has 6 rings (SSSR count). The molecule has 2 aliphatic carbocycles. The van der Waals surface area contributed by atoms with E-state index in [2.05, 4.69) is 65.8 Å². The van der Waals surface area contributed by atoms with Crippen LogP contribution in [0.1, 0.15) is 140 Å². The maximum absolute atomic E-state index is 11.1. The number of ether oxygens (including phenoxy) is 2. The Hall–Kier alpha value is -2.72. The molecular formula is C48H66NO5PPdS. The van der Waals surface area contributed by atoms with Gasteiger partial charge >= 0.3 is 121 Å². The molecule has 0 spiro atoms. The van der Waals surface area contributed by atoms with Crippen LogP contribution in [0.25, 0.3) is 22.3 Å². The number of anilines is 1. The first-order valence-corrected chi connectivity index (χ1v) is 25.6. The van der Waals surface area contributed by atoms with Crippen LogP contribution in [-0.2, 0) is 31.4 Å². The van der Waals surface area contributed by atoms with Crippen molar-refractivity contribution in [2.75, 3.05) is 26.2 Å². The number of para-hydroxylation sites is 1. The Labute approximate surface area is 354 Å². The van der Waals surface area contributed by atoms with E-state index >= 15 is 0 Å². The molecule has 0 aromatic heterocycles. The topological polar surface area (TPSA) is 87.8 Å². The molecule has 2 fully saturated rings. The SMILES string of the molecule is COc1ccc(OC)c(P(C2CCCCC2)C2CCCCC2)c1-c1c(C(C)C)cc(C(C)C)cc1C(C)C.CS(=O)(=O)[O][Pd][c]1ccccc1-c1ccccc1N. The second kappa shape index (κ2) is 21.0. The molecule has 2 aliphatic rings. The van der Waals surface area contributed by atoms with Crippen molar-refractivity contribution in [1.29, 1.82) is 0 Å². The normalized spacial score (nSPS) is 15.7. The molecular weight excluding hydrogens is 840 g/mol. The standard InChI is InChI=1S/C35H53O2P.C12H10N.CH4O3S.Pd/c1-23(2)26-21-29(24(3)4)33(30(22-26)25(5)6)34-31(36-7)19-20-32(37-8)35(34)38(27-15-11-9-12-16-27)28-17-13-10-14-18-28;13-12-9-5-4-8-11(12)10-6-2-1-3-7-10;1-5(2,3)4;/h19-25,27-28H,9-18H2,1-8H3;1-6,8-9H,13H2;1H3,(H,2,3,4);/q;;;+1/p-1. The van der Waals surface area contributed by atoms with Gasteiger partial charge in [-0.15, -0.1) is 0 Å². The number of benzene rings is 4. The summed E-state index contributed by atoms with van der Waals surface area (Å²) < 4.78 is 40.5. The first-order chi connectivity index (χ1) is 27.2. The molecule has 2 N–H and O–H groups in total. The summed E-state index contributed by atoms with van der Waals surface area (Å²) >= 11 is -0.483. The van der Waals surface area contributed by atoms with Crippen LogP contribution in [-0.4, -0.2) is 40.2 Å². The zero-order valence-corrected chi connectivity index (χ0v) is 38.9. The van der Waals surface area contributed by atoms with Crippen LogP contribution >= 0.6 is 7.92 Å². The Balaban J connectivity index is 0.000000273. The van der Waals surface area contributed by atoms with Crippen molar-refractivity contribution in [3.05, 3.63) is 89.5 Å². The molecule has 4 aromatic carbocycles. The summed E-state index contributed by atoms with van der Waals surface area (Å²) in [6.45, 7) is 14.1. The van der Waals surface area contributed by atoms with E-state index in [1.807, 2.05) is 62.8 Å². The zero-order chi connectivity index (χ0) is 41.3. The minimum absolute atomic E-state index is 0.373. The molecule has 0 atom stereocenters. The van der Waals surface area contributed by atoms with Crippen LogP contribution in [0.3, 0.4) is 0 Å². The third-order valence-corrected chi connectivity index (χ3v) is 18.0. The van der Waals surface area contributed by atoms with Gasteiger partial charge < -0.3 is 9.47 Å². The van der Waals surface area contributed by atoms with E-state index in [1.54, 1.807) is 0 Å².